The molecule has 0 amide bonds. The number of nitrogen functional groups attached to an aromatic ring is 1. The molecule has 0 aliphatic rings. The Kier molecular flexibility index (Phi) is 3.18. The zero-order valence-electron chi connectivity index (χ0n) is 10.1. The number of nitrogens with zero attached hydrogens (tertiary/aromatic N) is 3. The van der Waals surface area contributed by atoms with E-state index in [9.17, 15) is 4.79 Å². The van der Waals surface area contributed by atoms with Crippen LogP contribution in [-0.4, -0.2) is 9.97 Å². The van der Waals surface area contributed by atoms with Gasteiger partial charge in [-0.1, -0.05) is 18.2 Å². The van der Waals surface area contributed by atoms with Gasteiger partial charge in [-0.05, 0) is 25.5 Å². The first kappa shape index (κ1) is 12.0. The fourth-order valence-electron chi connectivity index (χ4n) is 1.50. The van der Waals surface area contributed by atoms with Gasteiger partial charge in [-0.25, -0.2) is 4.98 Å². The van der Waals surface area contributed by atoms with Gasteiger partial charge in [0.15, 0.2) is 5.69 Å². The van der Waals surface area contributed by atoms with Gasteiger partial charge in [0.2, 0.25) is 5.95 Å². The Morgan fingerprint density at radius 3 is 2.61 bits per heavy atom. The van der Waals surface area contributed by atoms with Crippen LogP contribution in [0.4, 0.5) is 17.3 Å². The lowest BCUT2D eigenvalue weighted by atomic mass is 10.2. The van der Waals surface area contributed by atoms with Crippen molar-refractivity contribution in [2.24, 2.45) is 10.2 Å². The molecule has 0 bridgehead atoms. The standard InChI is InChI=1S/C12H13N5O/c1-7-5-3-4-6-9(7)16-17-10-8(2)14-12(13)15-11(10)18/h3-6H,1-2H3,(H3,13,14,15,18). The Labute approximate surface area is 104 Å². The molecule has 3 N–H and O–H groups in total. The van der Waals surface area contributed by atoms with Crippen molar-refractivity contribution in [3.63, 3.8) is 0 Å². The number of rotatable bonds is 2. The van der Waals surface area contributed by atoms with Crippen LogP contribution in [0.25, 0.3) is 0 Å². The summed E-state index contributed by atoms with van der Waals surface area (Å²) in [6.07, 6.45) is 0. The van der Waals surface area contributed by atoms with Crippen molar-refractivity contribution in [1.29, 1.82) is 0 Å². The highest BCUT2D eigenvalue weighted by Gasteiger charge is 2.05. The van der Waals surface area contributed by atoms with Crippen LogP contribution >= 0.6 is 0 Å². The number of aromatic amines is 1. The second-order valence-corrected chi connectivity index (χ2v) is 3.87. The predicted octanol–water partition coefficient (Wildman–Crippen LogP) is 2.38. The number of azo groups is 1. The van der Waals surface area contributed by atoms with Crippen LogP contribution in [0.2, 0.25) is 0 Å². The molecule has 6 nitrogen and oxygen atoms in total. The Morgan fingerprint density at radius 2 is 1.94 bits per heavy atom. The van der Waals surface area contributed by atoms with Crippen molar-refractivity contribution >= 4 is 17.3 Å². The van der Waals surface area contributed by atoms with E-state index >= 15 is 0 Å². The van der Waals surface area contributed by atoms with E-state index in [2.05, 4.69) is 20.2 Å². The molecule has 6 heteroatoms. The first-order valence-electron chi connectivity index (χ1n) is 5.41. The van der Waals surface area contributed by atoms with Crippen LogP contribution in [0, 0.1) is 13.8 Å². The second-order valence-electron chi connectivity index (χ2n) is 3.87. The van der Waals surface area contributed by atoms with Crippen LogP contribution in [0.1, 0.15) is 11.3 Å². The highest BCUT2D eigenvalue weighted by molar-refractivity contribution is 5.46. The minimum atomic E-state index is -0.391. The summed E-state index contributed by atoms with van der Waals surface area (Å²) in [5.74, 6) is 0.0762. The number of nitrogens with one attached hydrogen (secondary N) is 1. The van der Waals surface area contributed by atoms with E-state index in [4.69, 9.17) is 5.73 Å². The van der Waals surface area contributed by atoms with Gasteiger partial charge in [0.05, 0.1) is 11.4 Å². The molecule has 0 aliphatic carbocycles. The van der Waals surface area contributed by atoms with E-state index in [1.807, 2.05) is 31.2 Å². The molecule has 18 heavy (non-hydrogen) atoms. The van der Waals surface area contributed by atoms with Gasteiger partial charge in [0.25, 0.3) is 5.56 Å². The zero-order valence-corrected chi connectivity index (χ0v) is 10.1. The molecule has 0 radical (unpaired) electrons. The smallest absolute Gasteiger partial charge is 0.280 e. The maximum atomic E-state index is 11.6. The number of nitrogens with two attached hydrogens (primary N) is 1. The largest absolute Gasteiger partial charge is 0.369 e. The Morgan fingerprint density at radius 1 is 1.22 bits per heavy atom. The lowest BCUT2D eigenvalue weighted by Crippen LogP contribution is -2.11. The molecule has 2 rings (SSSR count). The molecule has 0 saturated heterocycles. The van der Waals surface area contributed by atoms with E-state index in [0.717, 1.165) is 5.56 Å². The fourth-order valence-corrected chi connectivity index (χ4v) is 1.50. The normalized spacial score (nSPS) is 11.0. The van der Waals surface area contributed by atoms with Crippen LogP contribution in [0.3, 0.4) is 0 Å². The van der Waals surface area contributed by atoms with Crippen molar-refractivity contribution < 1.29 is 0 Å². The summed E-state index contributed by atoms with van der Waals surface area (Å²) in [5.41, 5.74) is 7.36. The molecular formula is C12H13N5O. The topological polar surface area (TPSA) is 96.5 Å². The molecule has 1 aromatic carbocycles. The molecule has 0 fully saturated rings. The van der Waals surface area contributed by atoms with Crippen molar-refractivity contribution in [3.8, 4) is 0 Å². The van der Waals surface area contributed by atoms with Crippen molar-refractivity contribution in [1.82, 2.24) is 9.97 Å². The SMILES string of the molecule is Cc1ccccc1N=Nc1c(C)nc(N)[nH]c1=O. The van der Waals surface area contributed by atoms with Gasteiger partial charge in [-0.3, -0.25) is 9.78 Å². The third-order valence-corrected chi connectivity index (χ3v) is 2.46. The van der Waals surface area contributed by atoms with E-state index in [0.29, 0.717) is 11.4 Å². The predicted molar refractivity (Wildman–Crippen MR) is 69.4 cm³/mol. The summed E-state index contributed by atoms with van der Waals surface area (Å²) in [5, 5.41) is 7.99. The molecule has 2 aromatic rings. The first-order valence-corrected chi connectivity index (χ1v) is 5.41. The zero-order chi connectivity index (χ0) is 13.1. The minimum Gasteiger partial charge on any atom is -0.369 e. The Balaban J connectivity index is 2.42. The fraction of sp³-hybridized carbons (Fsp3) is 0.167. The quantitative estimate of drug-likeness (QED) is 0.792. The summed E-state index contributed by atoms with van der Waals surface area (Å²) in [6, 6.07) is 7.52. The third kappa shape index (κ3) is 2.42. The monoisotopic (exact) mass is 243 g/mol. The molecule has 0 unspecified atom stereocenters. The van der Waals surface area contributed by atoms with Crippen molar-refractivity contribution in [2.75, 3.05) is 5.73 Å². The number of benzene rings is 1. The van der Waals surface area contributed by atoms with E-state index in [-0.39, 0.29) is 11.6 Å². The van der Waals surface area contributed by atoms with Crippen LogP contribution in [-0.2, 0) is 0 Å². The molecule has 1 heterocycles. The second kappa shape index (κ2) is 4.79. The first-order chi connectivity index (χ1) is 8.58. The lowest BCUT2D eigenvalue weighted by molar-refractivity contribution is 1.05. The lowest BCUT2D eigenvalue weighted by Gasteiger charge is -2.00. The van der Waals surface area contributed by atoms with Gasteiger partial charge in [-0.15, -0.1) is 5.11 Å². The average molecular weight is 243 g/mol. The van der Waals surface area contributed by atoms with Crippen molar-refractivity contribution in [3.05, 3.63) is 45.9 Å². The van der Waals surface area contributed by atoms with Crippen LogP contribution < -0.4 is 11.3 Å². The molecule has 0 aliphatic heterocycles. The van der Waals surface area contributed by atoms with E-state index in [1.165, 1.54) is 0 Å². The molecule has 0 saturated carbocycles. The minimum absolute atomic E-state index is 0.0762. The molecule has 0 spiro atoms. The summed E-state index contributed by atoms with van der Waals surface area (Å²) < 4.78 is 0. The number of anilines is 1. The third-order valence-electron chi connectivity index (χ3n) is 2.46. The number of H-pyrrole nitrogens is 1. The molecule has 92 valence electrons. The number of hydrogen-bond acceptors (Lipinski definition) is 5. The number of aryl methyl sites for hydroxylation is 2. The molecule has 0 atom stereocenters. The summed E-state index contributed by atoms with van der Waals surface area (Å²) in [6.45, 7) is 3.59. The Hall–Kier alpha value is -2.50. The van der Waals surface area contributed by atoms with E-state index < -0.39 is 5.56 Å². The van der Waals surface area contributed by atoms with Gasteiger partial charge >= 0.3 is 0 Å². The number of hydrogen-bond donors (Lipinski definition) is 2. The Bertz CT molecular complexity index is 660. The summed E-state index contributed by atoms with van der Waals surface area (Å²) >= 11 is 0. The van der Waals surface area contributed by atoms with Gasteiger partial charge in [-0.2, -0.15) is 5.11 Å². The number of aromatic nitrogens is 2. The highest BCUT2D eigenvalue weighted by atomic mass is 16.1. The maximum Gasteiger partial charge on any atom is 0.280 e. The van der Waals surface area contributed by atoms with Gasteiger partial charge in [0.1, 0.15) is 0 Å². The highest BCUT2D eigenvalue weighted by Crippen LogP contribution is 2.20. The van der Waals surface area contributed by atoms with Crippen molar-refractivity contribution in [2.45, 2.75) is 13.8 Å². The summed E-state index contributed by atoms with van der Waals surface area (Å²) in [4.78, 5) is 18.0. The molecular weight excluding hydrogens is 230 g/mol. The summed E-state index contributed by atoms with van der Waals surface area (Å²) in [7, 11) is 0. The molecule has 1 aromatic heterocycles. The van der Waals surface area contributed by atoms with Crippen LogP contribution in [0.5, 0.6) is 0 Å². The van der Waals surface area contributed by atoms with Gasteiger partial charge < -0.3 is 5.73 Å². The van der Waals surface area contributed by atoms with Gasteiger partial charge in [0, 0.05) is 0 Å². The maximum absolute atomic E-state index is 11.6. The average Bonchev–Trinajstić information content (AvgIpc) is 2.30. The van der Waals surface area contributed by atoms with E-state index in [1.54, 1.807) is 6.92 Å². The van der Waals surface area contributed by atoms with Crippen LogP contribution in [0.15, 0.2) is 39.3 Å².